The summed E-state index contributed by atoms with van der Waals surface area (Å²) in [5, 5.41) is 7.33. The number of pyridine rings is 3. The molecule has 1 aliphatic rings. The first-order chi connectivity index (χ1) is 20.5. The number of imidazole rings is 1. The number of anilines is 1. The molecule has 42 heavy (non-hydrogen) atoms. The standard InChI is InChI=1S/C30H24FN9O2/c1-42-30-22(31)15-18(16-34-30)29(41)37-23-8-5-17-14-19(6-7-20(17)23)40-27(21-4-2-11-33-26(21)32)36-24-9-10-25(38-28(24)40)39-13-3-12-35-39/h2-4,6-7,9-16,23H,5,8H2,1H3,(H2,32,33)(H,37,41)/t23-/m0/s1. The predicted octanol–water partition coefficient (Wildman–Crippen LogP) is 4.21. The number of fused-ring (bicyclic) bond motifs is 2. The quantitative estimate of drug-likeness (QED) is 0.308. The minimum Gasteiger partial charge on any atom is -0.479 e. The van der Waals surface area contributed by atoms with Crippen molar-refractivity contribution in [3.63, 3.8) is 0 Å². The van der Waals surface area contributed by atoms with E-state index in [0.717, 1.165) is 29.3 Å². The number of carbonyl (C=O) groups is 1. The molecule has 12 heteroatoms. The van der Waals surface area contributed by atoms with Crippen LogP contribution < -0.4 is 15.8 Å². The summed E-state index contributed by atoms with van der Waals surface area (Å²) < 4.78 is 22.7. The number of carbonyl (C=O) groups excluding carboxylic acids is 1. The molecule has 0 aliphatic heterocycles. The highest BCUT2D eigenvalue weighted by Crippen LogP contribution is 2.36. The largest absolute Gasteiger partial charge is 0.479 e. The van der Waals surface area contributed by atoms with Crippen LogP contribution in [-0.2, 0) is 6.42 Å². The molecule has 7 rings (SSSR count). The monoisotopic (exact) mass is 561 g/mol. The van der Waals surface area contributed by atoms with Gasteiger partial charge in [0, 0.05) is 30.5 Å². The molecule has 0 fully saturated rings. The molecule has 0 saturated carbocycles. The van der Waals surface area contributed by atoms with E-state index in [1.54, 1.807) is 17.1 Å². The van der Waals surface area contributed by atoms with Gasteiger partial charge in [-0.3, -0.25) is 9.36 Å². The van der Waals surface area contributed by atoms with Crippen molar-refractivity contribution in [2.24, 2.45) is 0 Å². The molecular weight excluding hydrogens is 537 g/mol. The van der Waals surface area contributed by atoms with Crippen LogP contribution in [0.2, 0.25) is 0 Å². The number of benzene rings is 1. The summed E-state index contributed by atoms with van der Waals surface area (Å²) in [5.41, 5.74) is 11.3. The first-order valence-electron chi connectivity index (χ1n) is 13.2. The molecule has 0 spiro atoms. The van der Waals surface area contributed by atoms with Crippen molar-refractivity contribution in [3.8, 4) is 28.8 Å². The van der Waals surface area contributed by atoms with E-state index in [2.05, 4.69) is 26.4 Å². The highest BCUT2D eigenvalue weighted by atomic mass is 19.1. The molecule has 0 unspecified atom stereocenters. The Kier molecular flexibility index (Phi) is 6.07. The summed E-state index contributed by atoms with van der Waals surface area (Å²) in [6.07, 6.45) is 7.91. The lowest BCUT2D eigenvalue weighted by Gasteiger charge is -2.16. The van der Waals surface area contributed by atoms with Crippen LogP contribution in [0.3, 0.4) is 0 Å². The Morgan fingerprint density at radius 2 is 2.00 bits per heavy atom. The number of amides is 1. The van der Waals surface area contributed by atoms with E-state index in [0.29, 0.717) is 40.6 Å². The third-order valence-electron chi connectivity index (χ3n) is 7.34. The van der Waals surface area contributed by atoms with Gasteiger partial charge in [0.15, 0.2) is 23.1 Å². The van der Waals surface area contributed by atoms with Gasteiger partial charge in [-0.25, -0.2) is 29.0 Å². The second kappa shape index (κ2) is 10.1. The average molecular weight is 562 g/mol. The molecule has 0 radical (unpaired) electrons. The van der Waals surface area contributed by atoms with Gasteiger partial charge in [-0.05, 0) is 72.5 Å². The molecule has 208 valence electrons. The van der Waals surface area contributed by atoms with Crippen LogP contribution in [0.5, 0.6) is 5.88 Å². The number of aromatic nitrogens is 7. The number of nitrogens with two attached hydrogens (primary N) is 1. The van der Waals surface area contributed by atoms with Crippen LogP contribution in [0.25, 0.3) is 34.1 Å². The highest BCUT2D eigenvalue weighted by molar-refractivity contribution is 5.94. The minimum absolute atomic E-state index is 0.126. The number of aryl methyl sites for hydroxylation is 1. The Bertz CT molecular complexity index is 1970. The molecule has 3 N–H and O–H groups in total. The molecule has 11 nitrogen and oxygen atoms in total. The van der Waals surface area contributed by atoms with Crippen molar-refractivity contribution in [2.75, 3.05) is 12.8 Å². The summed E-state index contributed by atoms with van der Waals surface area (Å²) >= 11 is 0. The summed E-state index contributed by atoms with van der Waals surface area (Å²) in [6, 6.07) is 16.2. The van der Waals surface area contributed by atoms with Crippen LogP contribution >= 0.6 is 0 Å². The van der Waals surface area contributed by atoms with Crippen molar-refractivity contribution in [1.82, 2.24) is 39.6 Å². The maximum absolute atomic E-state index is 14.1. The van der Waals surface area contributed by atoms with Gasteiger partial charge in [0.05, 0.1) is 24.3 Å². The van der Waals surface area contributed by atoms with Gasteiger partial charge in [-0.1, -0.05) is 6.07 Å². The molecule has 1 aliphatic carbocycles. The van der Waals surface area contributed by atoms with Gasteiger partial charge in [-0.2, -0.15) is 5.10 Å². The Hall–Kier alpha value is -5.65. The molecule has 1 atom stereocenters. The number of nitrogens with zero attached hydrogens (tertiary/aromatic N) is 7. The fourth-order valence-corrected chi connectivity index (χ4v) is 5.35. The number of nitrogens with one attached hydrogen (secondary N) is 1. The maximum atomic E-state index is 14.1. The van der Waals surface area contributed by atoms with Crippen LogP contribution in [-0.4, -0.2) is 47.3 Å². The minimum atomic E-state index is -0.691. The highest BCUT2D eigenvalue weighted by Gasteiger charge is 2.27. The maximum Gasteiger partial charge on any atom is 0.253 e. The predicted molar refractivity (Wildman–Crippen MR) is 153 cm³/mol. The van der Waals surface area contributed by atoms with Crippen molar-refractivity contribution in [3.05, 3.63) is 102 Å². The van der Waals surface area contributed by atoms with Crippen LogP contribution in [0.1, 0.15) is 33.9 Å². The molecule has 6 aromatic rings. The lowest BCUT2D eigenvalue weighted by molar-refractivity contribution is 0.0935. The van der Waals surface area contributed by atoms with Gasteiger partial charge >= 0.3 is 0 Å². The average Bonchev–Trinajstić information content (AvgIpc) is 3.76. The Morgan fingerprint density at radius 1 is 1.10 bits per heavy atom. The Morgan fingerprint density at radius 3 is 2.79 bits per heavy atom. The number of methoxy groups -OCH3 is 1. The van der Waals surface area contributed by atoms with Crippen molar-refractivity contribution in [2.45, 2.75) is 18.9 Å². The molecular formula is C30H24FN9O2. The fraction of sp³-hybridized carbons (Fsp3) is 0.133. The van der Waals surface area contributed by atoms with E-state index in [9.17, 15) is 9.18 Å². The summed E-state index contributed by atoms with van der Waals surface area (Å²) in [6.45, 7) is 0. The van der Waals surface area contributed by atoms with E-state index in [1.165, 1.54) is 13.3 Å². The number of halogens is 1. The van der Waals surface area contributed by atoms with E-state index in [4.69, 9.17) is 20.4 Å². The smallest absolute Gasteiger partial charge is 0.253 e. The molecule has 0 saturated heterocycles. The van der Waals surface area contributed by atoms with Gasteiger partial charge in [0.1, 0.15) is 11.3 Å². The first-order valence-corrected chi connectivity index (χ1v) is 13.2. The van der Waals surface area contributed by atoms with Crippen LogP contribution in [0.15, 0.2) is 79.4 Å². The zero-order chi connectivity index (χ0) is 28.8. The zero-order valence-corrected chi connectivity index (χ0v) is 22.4. The second-order valence-corrected chi connectivity index (χ2v) is 9.83. The van der Waals surface area contributed by atoms with E-state index < -0.39 is 11.7 Å². The topological polar surface area (TPSA) is 139 Å². The lowest BCUT2D eigenvalue weighted by atomic mass is 10.1. The SMILES string of the molecule is COc1ncc(C(=O)N[C@H]2CCc3cc(-n4c(-c5cccnc5N)nc5ccc(-n6cccn6)nc54)ccc32)cc1F. The normalized spacial score (nSPS) is 14.2. The second-order valence-electron chi connectivity index (χ2n) is 9.83. The molecule has 1 amide bonds. The van der Waals surface area contributed by atoms with Crippen LogP contribution in [0.4, 0.5) is 10.2 Å². The Labute approximate surface area is 238 Å². The molecule has 5 heterocycles. The van der Waals surface area contributed by atoms with Crippen LogP contribution in [0, 0.1) is 5.82 Å². The van der Waals surface area contributed by atoms with E-state index in [1.807, 2.05) is 53.2 Å². The van der Waals surface area contributed by atoms with Crippen molar-refractivity contribution in [1.29, 1.82) is 0 Å². The molecule has 5 aromatic heterocycles. The summed E-state index contributed by atoms with van der Waals surface area (Å²) in [5.74, 6) is 0.357. The van der Waals surface area contributed by atoms with E-state index in [-0.39, 0.29) is 17.5 Å². The summed E-state index contributed by atoms with van der Waals surface area (Å²) in [4.78, 5) is 30.9. The van der Waals surface area contributed by atoms with Gasteiger partial charge in [-0.15, -0.1) is 0 Å². The first kappa shape index (κ1) is 25.3. The number of rotatable bonds is 6. The molecule has 1 aromatic carbocycles. The molecule has 0 bridgehead atoms. The third-order valence-corrected chi connectivity index (χ3v) is 7.34. The number of ether oxygens (including phenoxy) is 1. The van der Waals surface area contributed by atoms with Gasteiger partial charge < -0.3 is 15.8 Å². The fourth-order valence-electron chi connectivity index (χ4n) is 5.35. The lowest BCUT2D eigenvalue weighted by Crippen LogP contribution is -2.27. The number of hydrogen-bond donors (Lipinski definition) is 2. The zero-order valence-electron chi connectivity index (χ0n) is 22.4. The van der Waals surface area contributed by atoms with Crippen molar-refractivity contribution < 1.29 is 13.9 Å². The number of nitrogen functional groups attached to an aromatic ring is 1. The summed E-state index contributed by atoms with van der Waals surface area (Å²) in [7, 11) is 1.32. The number of hydrogen-bond acceptors (Lipinski definition) is 8. The Balaban J connectivity index is 1.28. The van der Waals surface area contributed by atoms with Crippen molar-refractivity contribution >= 4 is 22.9 Å². The third kappa shape index (κ3) is 4.29. The van der Waals surface area contributed by atoms with Gasteiger partial charge in [0.25, 0.3) is 5.91 Å². The van der Waals surface area contributed by atoms with E-state index >= 15 is 0 Å². The van der Waals surface area contributed by atoms with Gasteiger partial charge in [0.2, 0.25) is 5.88 Å².